The summed E-state index contributed by atoms with van der Waals surface area (Å²) in [5.41, 5.74) is 1.72. The molecule has 0 aliphatic carbocycles. The third-order valence-corrected chi connectivity index (χ3v) is 4.59. The van der Waals surface area contributed by atoms with Crippen molar-refractivity contribution in [3.8, 4) is 5.75 Å². The largest absolute Gasteiger partial charge is 0.494 e. The first-order valence-electron chi connectivity index (χ1n) is 9.36. The SMILES string of the molecule is CCOc1ccc(CC(CNC(=O)Cn2c(=O)[nH]c3ccccc32)C(=O)O)cc1. The summed E-state index contributed by atoms with van der Waals surface area (Å²) >= 11 is 0. The molecule has 2 aromatic carbocycles. The van der Waals surface area contributed by atoms with Crippen LogP contribution in [0.25, 0.3) is 11.0 Å². The van der Waals surface area contributed by atoms with Gasteiger partial charge in [0.15, 0.2) is 0 Å². The van der Waals surface area contributed by atoms with Gasteiger partial charge < -0.3 is 20.1 Å². The Hall–Kier alpha value is -3.55. The number of rotatable bonds is 9. The molecule has 0 aliphatic heterocycles. The molecule has 1 amide bonds. The lowest BCUT2D eigenvalue weighted by Gasteiger charge is -2.14. The predicted octanol–water partition coefficient (Wildman–Crippen LogP) is 1.79. The number of hydrogen-bond acceptors (Lipinski definition) is 4. The molecule has 0 spiro atoms. The number of H-pyrrole nitrogens is 1. The number of aromatic nitrogens is 2. The van der Waals surface area contributed by atoms with Crippen molar-refractivity contribution in [3.63, 3.8) is 0 Å². The zero-order valence-electron chi connectivity index (χ0n) is 16.1. The van der Waals surface area contributed by atoms with Gasteiger partial charge in [-0.1, -0.05) is 24.3 Å². The fraction of sp³-hybridized carbons (Fsp3) is 0.286. The minimum absolute atomic E-state index is 0.0293. The molecule has 1 atom stereocenters. The average Bonchev–Trinajstić information content (AvgIpc) is 3.01. The zero-order chi connectivity index (χ0) is 20.8. The lowest BCUT2D eigenvalue weighted by atomic mass is 9.99. The van der Waals surface area contributed by atoms with E-state index in [1.54, 1.807) is 36.4 Å². The number of amides is 1. The van der Waals surface area contributed by atoms with Crippen LogP contribution in [0.1, 0.15) is 12.5 Å². The van der Waals surface area contributed by atoms with Crippen LogP contribution in [0.4, 0.5) is 0 Å². The first kappa shape index (κ1) is 20.2. The number of nitrogens with zero attached hydrogens (tertiary/aromatic N) is 1. The molecule has 8 heteroatoms. The monoisotopic (exact) mass is 397 g/mol. The molecule has 152 valence electrons. The summed E-state index contributed by atoms with van der Waals surface area (Å²) in [5.74, 6) is -1.48. The maximum atomic E-state index is 12.3. The molecule has 1 heterocycles. The summed E-state index contributed by atoms with van der Waals surface area (Å²) in [6.45, 7) is 2.24. The van der Waals surface area contributed by atoms with Crippen molar-refractivity contribution in [2.75, 3.05) is 13.2 Å². The summed E-state index contributed by atoms with van der Waals surface area (Å²) in [5, 5.41) is 12.1. The van der Waals surface area contributed by atoms with Gasteiger partial charge in [-0.25, -0.2) is 4.79 Å². The van der Waals surface area contributed by atoms with Crippen molar-refractivity contribution < 1.29 is 19.4 Å². The minimum atomic E-state index is -0.997. The number of carboxylic acids is 1. The number of carbonyl (C=O) groups excluding carboxylic acids is 1. The van der Waals surface area contributed by atoms with E-state index in [0.717, 1.165) is 11.3 Å². The molecular formula is C21H23N3O5. The van der Waals surface area contributed by atoms with Gasteiger partial charge in [0.05, 0.1) is 23.6 Å². The van der Waals surface area contributed by atoms with Gasteiger partial charge in [0.1, 0.15) is 12.3 Å². The van der Waals surface area contributed by atoms with Crippen LogP contribution in [0.15, 0.2) is 53.3 Å². The Balaban J connectivity index is 1.61. The van der Waals surface area contributed by atoms with Crippen molar-refractivity contribution in [2.45, 2.75) is 19.9 Å². The van der Waals surface area contributed by atoms with E-state index in [9.17, 15) is 19.5 Å². The smallest absolute Gasteiger partial charge is 0.326 e. The highest BCUT2D eigenvalue weighted by molar-refractivity contribution is 5.81. The van der Waals surface area contributed by atoms with E-state index in [1.807, 2.05) is 19.1 Å². The van der Waals surface area contributed by atoms with Crippen molar-refractivity contribution in [3.05, 3.63) is 64.6 Å². The van der Waals surface area contributed by atoms with Gasteiger partial charge in [-0.2, -0.15) is 0 Å². The number of imidazole rings is 1. The Labute approximate surface area is 167 Å². The van der Waals surface area contributed by atoms with E-state index in [0.29, 0.717) is 17.6 Å². The molecule has 0 aliphatic rings. The second-order valence-corrected chi connectivity index (χ2v) is 6.65. The molecule has 0 bridgehead atoms. The normalized spacial score (nSPS) is 11.9. The van der Waals surface area contributed by atoms with Gasteiger partial charge in [-0.3, -0.25) is 14.2 Å². The van der Waals surface area contributed by atoms with Crippen molar-refractivity contribution in [1.82, 2.24) is 14.9 Å². The Morgan fingerprint density at radius 2 is 1.90 bits per heavy atom. The van der Waals surface area contributed by atoms with E-state index < -0.39 is 17.8 Å². The van der Waals surface area contributed by atoms with Gasteiger partial charge in [0.2, 0.25) is 5.91 Å². The fourth-order valence-corrected chi connectivity index (χ4v) is 3.12. The van der Waals surface area contributed by atoms with Gasteiger partial charge in [0.25, 0.3) is 0 Å². The first-order valence-corrected chi connectivity index (χ1v) is 9.36. The third kappa shape index (κ3) is 5.04. The number of fused-ring (bicyclic) bond motifs is 1. The Morgan fingerprint density at radius 1 is 1.17 bits per heavy atom. The number of ether oxygens (including phenoxy) is 1. The second-order valence-electron chi connectivity index (χ2n) is 6.65. The van der Waals surface area contributed by atoms with Crippen LogP contribution in [-0.2, 0) is 22.6 Å². The highest BCUT2D eigenvalue weighted by Gasteiger charge is 2.20. The van der Waals surface area contributed by atoms with E-state index in [4.69, 9.17) is 4.74 Å². The van der Waals surface area contributed by atoms with Gasteiger partial charge in [-0.15, -0.1) is 0 Å². The van der Waals surface area contributed by atoms with Gasteiger partial charge in [-0.05, 0) is 43.2 Å². The molecule has 0 saturated carbocycles. The molecule has 0 saturated heterocycles. The molecule has 8 nitrogen and oxygen atoms in total. The Bertz CT molecular complexity index is 1050. The number of benzene rings is 2. The summed E-state index contributed by atoms with van der Waals surface area (Å²) < 4.78 is 6.70. The molecule has 3 N–H and O–H groups in total. The summed E-state index contributed by atoms with van der Waals surface area (Å²) in [7, 11) is 0. The standard InChI is InChI=1S/C21H23N3O5/c1-2-29-16-9-7-14(8-10-16)11-15(20(26)27)12-22-19(25)13-24-18-6-4-3-5-17(18)23-21(24)28/h3-10,15H,2,11-13H2,1H3,(H,22,25)(H,23,28)(H,26,27). The number of aromatic amines is 1. The molecule has 3 aromatic rings. The van der Waals surface area contributed by atoms with Crippen LogP contribution in [0, 0.1) is 5.92 Å². The topological polar surface area (TPSA) is 113 Å². The van der Waals surface area contributed by atoms with E-state index in [2.05, 4.69) is 10.3 Å². The lowest BCUT2D eigenvalue weighted by Crippen LogP contribution is -2.37. The zero-order valence-corrected chi connectivity index (χ0v) is 16.1. The molecule has 3 rings (SSSR count). The highest BCUT2D eigenvalue weighted by Crippen LogP contribution is 2.15. The maximum absolute atomic E-state index is 12.3. The number of carbonyl (C=O) groups is 2. The predicted molar refractivity (Wildman–Crippen MR) is 108 cm³/mol. The molecule has 1 unspecified atom stereocenters. The second kappa shape index (κ2) is 9.09. The molecule has 29 heavy (non-hydrogen) atoms. The molecular weight excluding hydrogens is 374 g/mol. The van der Waals surface area contributed by atoms with Crippen LogP contribution in [0.2, 0.25) is 0 Å². The molecule has 1 aromatic heterocycles. The summed E-state index contributed by atoms with van der Waals surface area (Å²) in [6.07, 6.45) is 0.273. The lowest BCUT2D eigenvalue weighted by molar-refractivity contribution is -0.141. The van der Waals surface area contributed by atoms with Crippen molar-refractivity contribution in [1.29, 1.82) is 0 Å². The van der Waals surface area contributed by atoms with Crippen molar-refractivity contribution >= 4 is 22.9 Å². The van der Waals surface area contributed by atoms with Crippen LogP contribution in [-0.4, -0.2) is 39.7 Å². The molecule has 0 fully saturated rings. The average molecular weight is 397 g/mol. The number of hydrogen-bond donors (Lipinski definition) is 3. The Kier molecular flexibility index (Phi) is 6.33. The molecule has 0 radical (unpaired) electrons. The van der Waals surface area contributed by atoms with E-state index in [-0.39, 0.29) is 25.2 Å². The number of nitrogens with one attached hydrogen (secondary N) is 2. The summed E-state index contributed by atoms with van der Waals surface area (Å²) in [6, 6.07) is 14.3. The van der Waals surface area contributed by atoms with Crippen LogP contribution in [0.3, 0.4) is 0 Å². The third-order valence-electron chi connectivity index (χ3n) is 4.59. The van der Waals surface area contributed by atoms with Gasteiger partial charge in [0, 0.05) is 6.54 Å². The number of carboxylic acid groups (broad SMARTS) is 1. The number of para-hydroxylation sites is 2. The highest BCUT2D eigenvalue weighted by atomic mass is 16.5. The van der Waals surface area contributed by atoms with E-state index in [1.165, 1.54) is 4.57 Å². The quantitative estimate of drug-likeness (QED) is 0.509. The van der Waals surface area contributed by atoms with E-state index >= 15 is 0 Å². The van der Waals surface area contributed by atoms with Gasteiger partial charge >= 0.3 is 11.7 Å². The maximum Gasteiger partial charge on any atom is 0.326 e. The van der Waals surface area contributed by atoms with Crippen LogP contribution >= 0.6 is 0 Å². The summed E-state index contributed by atoms with van der Waals surface area (Å²) in [4.78, 5) is 38.6. The first-order chi connectivity index (χ1) is 14.0. The fourth-order valence-electron chi connectivity index (χ4n) is 3.12. The van der Waals surface area contributed by atoms with Crippen molar-refractivity contribution in [2.24, 2.45) is 5.92 Å². The number of aliphatic carboxylic acids is 1. The Morgan fingerprint density at radius 3 is 2.59 bits per heavy atom. The minimum Gasteiger partial charge on any atom is -0.494 e. The van der Waals surface area contributed by atoms with Crippen LogP contribution < -0.4 is 15.7 Å². The van der Waals surface area contributed by atoms with Crippen LogP contribution in [0.5, 0.6) is 5.75 Å².